The average molecular weight is 440 g/mol. The number of hydrogen-bond acceptors (Lipinski definition) is 6. The second-order valence-corrected chi connectivity index (χ2v) is 8.94. The van der Waals surface area contributed by atoms with Crippen LogP contribution in [0.15, 0.2) is 18.5 Å². The standard InChI is InChI=1S/C23H26ClN5O2/c1-14-9-19-17(12-29(14)20-10-21(24)27-18-7-3-6-16(18)20)22(26-13-25-19)15-5-4-8-28(11-15)23(30)31-2/h3,6,10,13-15H,4-5,7-9,11-12H2,1-2H3/t14-,15?/m1/s1. The van der Waals surface area contributed by atoms with E-state index in [1.807, 2.05) is 6.07 Å². The summed E-state index contributed by atoms with van der Waals surface area (Å²) in [7, 11) is 1.44. The Balaban J connectivity index is 1.50. The van der Waals surface area contributed by atoms with E-state index < -0.39 is 0 Å². The third-order valence-electron chi connectivity index (χ3n) is 6.65. The normalized spacial score (nSPS) is 22.3. The van der Waals surface area contributed by atoms with Gasteiger partial charge in [-0.15, -0.1) is 0 Å². The molecule has 0 bridgehead atoms. The number of piperidine rings is 1. The number of halogens is 1. The third kappa shape index (κ3) is 3.65. The second-order valence-electron chi connectivity index (χ2n) is 8.55. The molecule has 1 fully saturated rings. The summed E-state index contributed by atoms with van der Waals surface area (Å²) in [5, 5.41) is 0.529. The molecule has 8 heteroatoms. The summed E-state index contributed by atoms with van der Waals surface area (Å²) in [6.45, 7) is 4.31. The van der Waals surface area contributed by atoms with Crippen molar-refractivity contribution in [3.8, 4) is 0 Å². The van der Waals surface area contributed by atoms with Crippen molar-refractivity contribution in [2.45, 2.75) is 51.1 Å². The molecule has 0 spiro atoms. The number of ether oxygens (including phenoxy) is 1. The molecule has 1 aliphatic carbocycles. The molecule has 162 valence electrons. The Morgan fingerprint density at radius 3 is 3.00 bits per heavy atom. The maximum absolute atomic E-state index is 12.1. The minimum Gasteiger partial charge on any atom is -0.453 e. The van der Waals surface area contributed by atoms with Gasteiger partial charge in [0, 0.05) is 61.2 Å². The van der Waals surface area contributed by atoms with Crippen LogP contribution in [0, 0.1) is 0 Å². The molecule has 1 amide bonds. The number of fused-ring (bicyclic) bond motifs is 2. The van der Waals surface area contributed by atoms with Crippen molar-refractivity contribution in [1.82, 2.24) is 19.9 Å². The number of methoxy groups -OCH3 is 1. The quantitative estimate of drug-likeness (QED) is 0.659. The zero-order chi connectivity index (χ0) is 21.5. The monoisotopic (exact) mass is 439 g/mol. The zero-order valence-electron chi connectivity index (χ0n) is 17.8. The second kappa shape index (κ2) is 8.11. The van der Waals surface area contributed by atoms with Crippen molar-refractivity contribution in [2.75, 3.05) is 25.1 Å². The molecule has 1 unspecified atom stereocenters. The Kier molecular flexibility index (Phi) is 5.30. The highest BCUT2D eigenvalue weighted by atomic mass is 35.5. The van der Waals surface area contributed by atoms with Gasteiger partial charge in [0.1, 0.15) is 11.5 Å². The smallest absolute Gasteiger partial charge is 0.409 e. The van der Waals surface area contributed by atoms with Crippen LogP contribution in [0.3, 0.4) is 0 Å². The van der Waals surface area contributed by atoms with Gasteiger partial charge in [-0.25, -0.2) is 19.7 Å². The van der Waals surface area contributed by atoms with E-state index in [1.54, 1.807) is 11.2 Å². The molecule has 3 aliphatic rings. The molecule has 0 saturated carbocycles. The average Bonchev–Trinajstić information content (AvgIpc) is 3.25. The van der Waals surface area contributed by atoms with Gasteiger partial charge in [-0.05, 0) is 25.8 Å². The lowest BCUT2D eigenvalue weighted by molar-refractivity contribution is 0.110. The van der Waals surface area contributed by atoms with Crippen molar-refractivity contribution in [3.63, 3.8) is 0 Å². The first-order valence-corrected chi connectivity index (χ1v) is 11.2. The molecular formula is C23H26ClN5O2. The number of anilines is 1. The molecule has 7 nitrogen and oxygen atoms in total. The SMILES string of the molecule is COC(=O)N1CCCC(c2ncnc3c2CN(c2cc(Cl)nc4c2C=CC4)[C@H](C)C3)C1. The minimum absolute atomic E-state index is 0.187. The Bertz CT molecular complexity index is 1060. The molecule has 4 heterocycles. The van der Waals surface area contributed by atoms with Gasteiger partial charge in [-0.2, -0.15) is 0 Å². The summed E-state index contributed by atoms with van der Waals surface area (Å²) in [4.78, 5) is 30.1. The molecule has 31 heavy (non-hydrogen) atoms. The summed E-state index contributed by atoms with van der Waals surface area (Å²) < 4.78 is 4.95. The van der Waals surface area contributed by atoms with Crippen LogP contribution in [0.2, 0.25) is 5.15 Å². The first kappa shape index (κ1) is 20.2. The minimum atomic E-state index is -0.267. The lowest BCUT2D eigenvalue weighted by Gasteiger charge is -2.39. The van der Waals surface area contributed by atoms with Crippen molar-refractivity contribution in [2.24, 2.45) is 0 Å². The number of carbonyl (C=O) groups excluding carboxylic acids is 1. The molecule has 0 aromatic carbocycles. The first-order chi connectivity index (χ1) is 15.0. The number of pyridine rings is 1. The Hall–Kier alpha value is -2.67. The van der Waals surface area contributed by atoms with E-state index in [0.717, 1.165) is 67.1 Å². The predicted molar refractivity (Wildman–Crippen MR) is 119 cm³/mol. The van der Waals surface area contributed by atoms with Gasteiger partial charge in [-0.3, -0.25) is 0 Å². The summed E-state index contributed by atoms with van der Waals surface area (Å²) >= 11 is 6.37. The topological polar surface area (TPSA) is 71.5 Å². The van der Waals surface area contributed by atoms with Crippen molar-refractivity contribution in [1.29, 1.82) is 0 Å². The van der Waals surface area contributed by atoms with E-state index in [2.05, 4.69) is 33.9 Å². The molecule has 2 aromatic rings. The van der Waals surface area contributed by atoms with Gasteiger partial charge in [0.15, 0.2) is 0 Å². The lowest BCUT2D eigenvalue weighted by Crippen LogP contribution is -2.42. The molecule has 2 atom stereocenters. The van der Waals surface area contributed by atoms with E-state index in [4.69, 9.17) is 21.3 Å². The number of likely N-dealkylation sites (tertiary alicyclic amines) is 1. The summed E-state index contributed by atoms with van der Waals surface area (Å²) in [6, 6.07) is 2.25. The molecule has 1 saturated heterocycles. The molecule has 2 aromatic heterocycles. The first-order valence-electron chi connectivity index (χ1n) is 10.8. The Labute approximate surface area is 187 Å². The maximum Gasteiger partial charge on any atom is 0.409 e. The van der Waals surface area contributed by atoms with Gasteiger partial charge in [0.05, 0.1) is 24.2 Å². The summed E-state index contributed by atoms with van der Waals surface area (Å²) in [6.07, 6.45) is 9.31. The van der Waals surface area contributed by atoms with Crippen LogP contribution in [0.4, 0.5) is 10.5 Å². The third-order valence-corrected chi connectivity index (χ3v) is 6.84. The fourth-order valence-corrected chi connectivity index (χ4v) is 5.33. The Morgan fingerprint density at radius 1 is 1.29 bits per heavy atom. The lowest BCUT2D eigenvalue weighted by atomic mass is 9.88. The molecule has 0 radical (unpaired) electrons. The fraction of sp³-hybridized carbons (Fsp3) is 0.478. The van der Waals surface area contributed by atoms with Crippen LogP contribution < -0.4 is 4.90 Å². The van der Waals surface area contributed by atoms with E-state index >= 15 is 0 Å². The van der Waals surface area contributed by atoms with Gasteiger partial charge in [-0.1, -0.05) is 23.8 Å². The largest absolute Gasteiger partial charge is 0.453 e. The molecule has 5 rings (SSSR count). The number of rotatable bonds is 2. The fourth-order valence-electron chi connectivity index (χ4n) is 5.12. The van der Waals surface area contributed by atoms with E-state index in [1.165, 1.54) is 12.7 Å². The maximum atomic E-state index is 12.1. The number of nitrogens with zero attached hydrogens (tertiary/aromatic N) is 5. The van der Waals surface area contributed by atoms with E-state index in [9.17, 15) is 4.79 Å². The molecular weight excluding hydrogens is 414 g/mol. The van der Waals surface area contributed by atoms with Gasteiger partial charge in [0.2, 0.25) is 0 Å². The van der Waals surface area contributed by atoms with Crippen LogP contribution in [-0.4, -0.2) is 52.2 Å². The summed E-state index contributed by atoms with van der Waals surface area (Å²) in [5.41, 5.74) is 6.66. The van der Waals surface area contributed by atoms with Crippen molar-refractivity contribution in [3.05, 3.63) is 51.8 Å². The number of hydrogen-bond donors (Lipinski definition) is 0. The predicted octanol–water partition coefficient (Wildman–Crippen LogP) is 3.99. The molecule has 2 aliphatic heterocycles. The van der Waals surface area contributed by atoms with Crippen molar-refractivity contribution < 1.29 is 9.53 Å². The van der Waals surface area contributed by atoms with Crippen LogP contribution in [-0.2, 0) is 24.1 Å². The van der Waals surface area contributed by atoms with Crippen LogP contribution in [0.25, 0.3) is 6.08 Å². The van der Waals surface area contributed by atoms with Gasteiger partial charge < -0.3 is 14.5 Å². The van der Waals surface area contributed by atoms with Gasteiger partial charge >= 0.3 is 6.09 Å². The zero-order valence-corrected chi connectivity index (χ0v) is 18.6. The molecule has 0 N–H and O–H groups in total. The van der Waals surface area contributed by atoms with E-state index in [-0.39, 0.29) is 18.1 Å². The van der Waals surface area contributed by atoms with Crippen LogP contribution in [0.1, 0.15) is 53.9 Å². The van der Waals surface area contributed by atoms with Crippen molar-refractivity contribution >= 4 is 29.5 Å². The highest BCUT2D eigenvalue weighted by Crippen LogP contribution is 2.38. The van der Waals surface area contributed by atoms with E-state index in [0.29, 0.717) is 11.7 Å². The van der Waals surface area contributed by atoms with Crippen LogP contribution in [0.5, 0.6) is 0 Å². The number of amides is 1. The van der Waals surface area contributed by atoms with Crippen LogP contribution >= 0.6 is 11.6 Å². The Morgan fingerprint density at radius 2 is 2.16 bits per heavy atom. The number of carbonyl (C=O) groups is 1. The summed E-state index contributed by atoms with van der Waals surface area (Å²) in [5.74, 6) is 0.187. The number of allylic oxidation sites excluding steroid dienone is 1. The van der Waals surface area contributed by atoms with Gasteiger partial charge in [0.25, 0.3) is 0 Å². The highest BCUT2D eigenvalue weighted by Gasteiger charge is 2.33. The number of aromatic nitrogens is 3. The highest BCUT2D eigenvalue weighted by molar-refractivity contribution is 6.29.